The summed E-state index contributed by atoms with van der Waals surface area (Å²) in [6.07, 6.45) is 5.60. The molecule has 3 aliphatic rings. The number of hydrogen-bond donors (Lipinski definition) is 1. The zero-order valence-electron chi connectivity index (χ0n) is 26.7. The number of pyridine rings is 2. The van der Waals surface area contributed by atoms with Crippen LogP contribution in [0.25, 0.3) is 11.8 Å². The molecule has 2 aromatic heterocycles. The molecule has 49 heavy (non-hydrogen) atoms. The number of ether oxygens (including phenoxy) is 5. The summed E-state index contributed by atoms with van der Waals surface area (Å²) in [5.74, 6) is -0.876. The summed E-state index contributed by atoms with van der Waals surface area (Å²) in [5, 5.41) is 2.61. The van der Waals surface area contributed by atoms with Crippen LogP contribution < -0.4 is 20.3 Å². The molecular formula is C36H34F2N4O7. The minimum absolute atomic E-state index is 0.0785. The van der Waals surface area contributed by atoms with Gasteiger partial charge in [-0.05, 0) is 48.5 Å². The molecule has 13 heteroatoms. The maximum Gasteiger partial charge on any atom is 0.271 e. The van der Waals surface area contributed by atoms with Crippen LogP contribution in [-0.4, -0.2) is 79.6 Å². The SMILES string of the molecule is COC1=Cc2c(Oc3ccc(NC(=O)c4c5c(cn(-c6ccc(F)cc6)c4=O)CCO5)cc3F)ccnc2CC1OCCN1CCOCC1. The van der Waals surface area contributed by atoms with Gasteiger partial charge in [0, 0.05) is 73.4 Å². The molecule has 1 fully saturated rings. The fourth-order valence-electron chi connectivity index (χ4n) is 6.12. The quantitative estimate of drug-likeness (QED) is 0.255. The number of carbonyl (C=O) groups excluding carboxylic acids is 1. The van der Waals surface area contributed by atoms with E-state index in [0.717, 1.165) is 44.6 Å². The smallest absolute Gasteiger partial charge is 0.271 e. The molecule has 0 bridgehead atoms. The molecule has 1 amide bonds. The van der Waals surface area contributed by atoms with Gasteiger partial charge >= 0.3 is 0 Å². The van der Waals surface area contributed by atoms with Gasteiger partial charge in [0.1, 0.15) is 34.7 Å². The van der Waals surface area contributed by atoms with Gasteiger partial charge in [0.2, 0.25) is 0 Å². The summed E-state index contributed by atoms with van der Waals surface area (Å²) in [6.45, 7) is 4.79. The van der Waals surface area contributed by atoms with Crippen molar-refractivity contribution in [1.82, 2.24) is 14.5 Å². The van der Waals surface area contributed by atoms with E-state index in [1.165, 1.54) is 41.0 Å². The molecule has 0 saturated carbocycles. The van der Waals surface area contributed by atoms with Crippen LogP contribution in [0.2, 0.25) is 0 Å². The van der Waals surface area contributed by atoms with Gasteiger partial charge < -0.3 is 29.0 Å². The van der Waals surface area contributed by atoms with Crippen molar-refractivity contribution in [1.29, 1.82) is 0 Å². The molecule has 0 spiro atoms. The van der Waals surface area contributed by atoms with Crippen LogP contribution in [0, 0.1) is 11.6 Å². The normalized spacial score (nSPS) is 17.0. The summed E-state index contributed by atoms with van der Waals surface area (Å²) in [4.78, 5) is 33.7. The van der Waals surface area contributed by atoms with E-state index < -0.39 is 23.1 Å². The van der Waals surface area contributed by atoms with E-state index in [-0.39, 0.29) is 28.9 Å². The Hall–Kier alpha value is -5.11. The Morgan fingerprint density at radius 3 is 2.65 bits per heavy atom. The van der Waals surface area contributed by atoms with Crippen LogP contribution in [0.4, 0.5) is 14.5 Å². The van der Waals surface area contributed by atoms with Crippen molar-refractivity contribution >= 4 is 17.7 Å². The number of nitrogens with zero attached hydrogens (tertiary/aromatic N) is 3. The third-order valence-electron chi connectivity index (χ3n) is 8.68. The number of carbonyl (C=O) groups is 1. The third-order valence-corrected chi connectivity index (χ3v) is 8.68. The van der Waals surface area contributed by atoms with E-state index in [4.69, 9.17) is 23.7 Å². The van der Waals surface area contributed by atoms with Crippen molar-refractivity contribution in [3.63, 3.8) is 0 Å². The lowest BCUT2D eigenvalue weighted by Gasteiger charge is -2.29. The summed E-state index contributed by atoms with van der Waals surface area (Å²) in [7, 11) is 1.58. The fraction of sp³-hybridized carbons (Fsp3) is 0.306. The number of morpholine rings is 1. The summed E-state index contributed by atoms with van der Waals surface area (Å²) < 4.78 is 59.1. The van der Waals surface area contributed by atoms with Crippen molar-refractivity contribution in [2.45, 2.75) is 18.9 Å². The molecule has 4 aromatic rings. The van der Waals surface area contributed by atoms with E-state index in [0.29, 0.717) is 54.4 Å². The number of nitrogens with one attached hydrogen (secondary N) is 1. The van der Waals surface area contributed by atoms with Gasteiger partial charge in [-0.15, -0.1) is 0 Å². The summed E-state index contributed by atoms with van der Waals surface area (Å²) in [5.41, 5.74) is 1.64. The summed E-state index contributed by atoms with van der Waals surface area (Å²) >= 11 is 0. The topological polar surface area (TPSA) is 113 Å². The first-order valence-corrected chi connectivity index (χ1v) is 16.0. The number of halogens is 2. The molecule has 0 radical (unpaired) electrons. The fourth-order valence-corrected chi connectivity index (χ4v) is 6.12. The molecule has 1 aliphatic carbocycles. The second-order valence-electron chi connectivity index (χ2n) is 11.7. The van der Waals surface area contributed by atoms with Gasteiger partial charge in [-0.1, -0.05) is 0 Å². The Morgan fingerprint density at radius 2 is 1.88 bits per heavy atom. The standard InChI is InChI=1S/C36H34F2N4O7/c1-45-31-19-26-28(20-32(31)47-17-13-41-11-15-46-16-12-41)39-10-8-29(26)49-30-7-4-24(18-27(30)38)40-35(43)33-34-22(9-14-48-34)21-42(36(33)44)25-5-2-23(37)3-6-25/h2-8,10,18-19,21,32H,9,11-17,20H2,1H3,(H,40,43). The average Bonchev–Trinajstić information content (AvgIpc) is 3.58. The first-order valence-electron chi connectivity index (χ1n) is 16.0. The first kappa shape index (κ1) is 32.4. The van der Waals surface area contributed by atoms with Crippen LogP contribution >= 0.6 is 0 Å². The van der Waals surface area contributed by atoms with Gasteiger partial charge in [0.25, 0.3) is 11.5 Å². The largest absolute Gasteiger partial charge is 0.498 e. The lowest BCUT2D eigenvalue weighted by atomic mass is 9.98. The lowest BCUT2D eigenvalue weighted by Crippen LogP contribution is -2.39. The highest BCUT2D eigenvalue weighted by atomic mass is 19.1. The Bertz CT molecular complexity index is 1960. The predicted molar refractivity (Wildman–Crippen MR) is 176 cm³/mol. The monoisotopic (exact) mass is 672 g/mol. The molecule has 254 valence electrons. The summed E-state index contributed by atoms with van der Waals surface area (Å²) in [6, 6.07) is 11.0. The van der Waals surface area contributed by atoms with Crippen molar-refractivity contribution in [3.8, 4) is 22.9 Å². The van der Waals surface area contributed by atoms with E-state index >= 15 is 4.39 Å². The zero-order valence-corrected chi connectivity index (χ0v) is 26.7. The van der Waals surface area contributed by atoms with Crippen LogP contribution in [0.1, 0.15) is 27.2 Å². The number of anilines is 1. The van der Waals surface area contributed by atoms with Crippen LogP contribution in [-0.2, 0) is 27.1 Å². The van der Waals surface area contributed by atoms with Gasteiger partial charge in [0.05, 0.1) is 39.2 Å². The zero-order chi connectivity index (χ0) is 33.9. The molecule has 1 unspecified atom stereocenters. The molecule has 11 nitrogen and oxygen atoms in total. The van der Waals surface area contributed by atoms with Crippen molar-refractivity contribution in [3.05, 3.63) is 111 Å². The second-order valence-corrected chi connectivity index (χ2v) is 11.7. The number of hydrogen-bond acceptors (Lipinski definition) is 9. The van der Waals surface area contributed by atoms with Crippen LogP contribution in [0.3, 0.4) is 0 Å². The van der Waals surface area contributed by atoms with Crippen molar-refractivity contribution < 1.29 is 37.3 Å². The first-order chi connectivity index (χ1) is 23.9. The van der Waals surface area contributed by atoms with Gasteiger partial charge in [-0.3, -0.25) is 24.0 Å². The number of aromatic nitrogens is 2. The number of amides is 1. The van der Waals surface area contributed by atoms with Gasteiger partial charge in [-0.2, -0.15) is 0 Å². The molecule has 1 N–H and O–H groups in total. The Kier molecular flexibility index (Phi) is 9.38. The van der Waals surface area contributed by atoms with Crippen LogP contribution in [0.5, 0.6) is 17.2 Å². The molecule has 2 aliphatic heterocycles. The highest BCUT2D eigenvalue weighted by Gasteiger charge is 2.29. The van der Waals surface area contributed by atoms with E-state index in [1.54, 1.807) is 31.6 Å². The average molecular weight is 673 g/mol. The predicted octanol–water partition coefficient (Wildman–Crippen LogP) is 4.75. The molecular weight excluding hydrogens is 638 g/mol. The molecule has 4 heterocycles. The van der Waals surface area contributed by atoms with Gasteiger partial charge in [0.15, 0.2) is 11.6 Å². The molecule has 1 atom stereocenters. The van der Waals surface area contributed by atoms with E-state index in [9.17, 15) is 14.0 Å². The van der Waals surface area contributed by atoms with Crippen molar-refractivity contribution in [2.75, 3.05) is 58.5 Å². The number of methoxy groups -OCH3 is 1. The number of benzene rings is 2. The number of rotatable bonds is 10. The lowest BCUT2D eigenvalue weighted by molar-refractivity contribution is -0.00176. The Labute approximate surface area is 280 Å². The van der Waals surface area contributed by atoms with Gasteiger partial charge in [-0.25, -0.2) is 8.78 Å². The minimum Gasteiger partial charge on any atom is -0.498 e. The maximum absolute atomic E-state index is 15.5. The molecule has 7 rings (SSSR count). The third kappa shape index (κ3) is 6.91. The highest BCUT2D eigenvalue weighted by molar-refractivity contribution is 6.06. The van der Waals surface area contributed by atoms with Crippen molar-refractivity contribution in [2.24, 2.45) is 0 Å². The molecule has 2 aromatic carbocycles. The second kappa shape index (κ2) is 14.2. The van der Waals surface area contributed by atoms with E-state index in [1.807, 2.05) is 0 Å². The van der Waals surface area contributed by atoms with E-state index in [2.05, 4.69) is 15.2 Å². The maximum atomic E-state index is 15.5. The van der Waals surface area contributed by atoms with Crippen LogP contribution in [0.15, 0.2) is 71.5 Å². The minimum atomic E-state index is -0.769. The Morgan fingerprint density at radius 1 is 1.06 bits per heavy atom. The molecule has 1 saturated heterocycles. The number of fused-ring (bicyclic) bond motifs is 2. The Balaban J connectivity index is 1.07. The highest BCUT2D eigenvalue weighted by Crippen LogP contribution is 2.36.